The first kappa shape index (κ1) is 23.2. The van der Waals surface area contributed by atoms with Crippen LogP contribution >= 0.6 is 0 Å². The van der Waals surface area contributed by atoms with Crippen LogP contribution in [0.3, 0.4) is 0 Å². The van der Waals surface area contributed by atoms with Gasteiger partial charge in [0.05, 0.1) is 12.1 Å². The first-order valence-electron chi connectivity index (χ1n) is 10.4. The van der Waals surface area contributed by atoms with Gasteiger partial charge in [0.2, 0.25) is 0 Å². The van der Waals surface area contributed by atoms with Crippen LogP contribution in [0, 0.1) is 5.82 Å². The summed E-state index contributed by atoms with van der Waals surface area (Å²) in [6.07, 6.45) is 1.97. The van der Waals surface area contributed by atoms with E-state index in [0.717, 1.165) is 23.8 Å². The second kappa shape index (κ2) is 9.86. The van der Waals surface area contributed by atoms with E-state index >= 15 is 0 Å². The molecule has 0 fully saturated rings. The molecule has 174 valence electrons. The Labute approximate surface area is 193 Å². The SMILES string of the molecule is O=C(c1cccc(F)c1)N(Cc1cccnc1)Cc1nccn1Cc1cccc(C(F)(F)F)c1. The van der Waals surface area contributed by atoms with Crippen molar-refractivity contribution in [3.63, 3.8) is 0 Å². The van der Waals surface area contributed by atoms with Crippen LogP contribution in [-0.4, -0.2) is 25.3 Å². The van der Waals surface area contributed by atoms with Gasteiger partial charge in [0.25, 0.3) is 5.91 Å². The Balaban J connectivity index is 1.60. The van der Waals surface area contributed by atoms with E-state index in [2.05, 4.69) is 9.97 Å². The molecule has 0 saturated carbocycles. The summed E-state index contributed by atoms with van der Waals surface area (Å²) in [4.78, 5) is 23.1. The Morgan fingerprint density at radius 2 is 1.74 bits per heavy atom. The molecule has 0 radical (unpaired) electrons. The topological polar surface area (TPSA) is 51.0 Å². The van der Waals surface area contributed by atoms with Gasteiger partial charge >= 0.3 is 6.18 Å². The summed E-state index contributed by atoms with van der Waals surface area (Å²) in [5.41, 5.74) is 0.665. The zero-order chi connectivity index (χ0) is 24.1. The summed E-state index contributed by atoms with van der Waals surface area (Å²) in [6, 6.07) is 14.0. The maximum Gasteiger partial charge on any atom is 0.416 e. The van der Waals surface area contributed by atoms with Gasteiger partial charge in [-0.3, -0.25) is 9.78 Å². The molecule has 1 amide bonds. The first-order valence-corrected chi connectivity index (χ1v) is 10.4. The molecule has 0 atom stereocenters. The van der Waals surface area contributed by atoms with E-state index < -0.39 is 23.5 Å². The van der Waals surface area contributed by atoms with Crippen molar-refractivity contribution in [2.24, 2.45) is 0 Å². The van der Waals surface area contributed by atoms with Gasteiger partial charge in [0.1, 0.15) is 11.6 Å². The second-order valence-electron chi connectivity index (χ2n) is 7.70. The summed E-state index contributed by atoms with van der Waals surface area (Å²) in [7, 11) is 0. The van der Waals surface area contributed by atoms with Gasteiger partial charge in [-0.1, -0.05) is 24.3 Å². The number of nitrogens with zero attached hydrogens (tertiary/aromatic N) is 4. The molecule has 0 aliphatic carbocycles. The molecule has 34 heavy (non-hydrogen) atoms. The van der Waals surface area contributed by atoms with Gasteiger partial charge in [-0.25, -0.2) is 9.37 Å². The standard InChI is InChI=1S/C25H20F4N4O/c26-22-8-2-6-20(13-22)24(34)33(16-19-5-3-9-30-14-19)17-23-31-10-11-32(23)15-18-4-1-7-21(12-18)25(27,28)29/h1-14H,15-17H2. The normalized spacial score (nSPS) is 11.4. The molecule has 2 heterocycles. The zero-order valence-electron chi connectivity index (χ0n) is 17.9. The molecule has 9 heteroatoms. The number of hydrogen-bond acceptors (Lipinski definition) is 3. The summed E-state index contributed by atoms with van der Waals surface area (Å²) in [6.45, 7) is 0.407. The average molecular weight is 468 g/mol. The number of alkyl halides is 3. The monoisotopic (exact) mass is 468 g/mol. The largest absolute Gasteiger partial charge is 0.416 e. The molecule has 4 aromatic rings. The maximum atomic E-state index is 13.7. The molecule has 2 aromatic carbocycles. The minimum Gasteiger partial charge on any atom is -0.329 e. The lowest BCUT2D eigenvalue weighted by molar-refractivity contribution is -0.137. The fourth-order valence-electron chi connectivity index (χ4n) is 3.56. The molecule has 0 unspecified atom stereocenters. The van der Waals surface area contributed by atoms with Crippen LogP contribution in [0.4, 0.5) is 17.6 Å². The Morgan fingerprint density at radius 3 is 2.47 bits per heavy atom. The maximum absolute atomic E-state index is 13.7. The molecular formula is C25H20F4N4O. The number of amides is 1. The number of carbonyl (C=O) groups is 1. The number of carbonyl (C=O) groups excluding carboxylic acids is 1. The zero-order valence-corrected chi connectivity index (χ0v) is 17.9. The third kappa shape index (κ3) is 5.67. The highest BCUT2D eigenvalue weighted by Gasteiger charge is 2.30. The summed E-state index contributed by atoms with van der Waals surface area (Å²) in [5, 5.41) is 0. The predicted molar refractivity (Wildman–Crippen MR) is 117 cm³/mol. The van der Waals surface area contributed by atoms with E-state index in [1.54, 1.807) is 35.3 Å². The lowest BCUT2D eigenvalue weighted by Gasteiger charge is -2.23. The number of aromatic nitrogens is 3. The number of rotatable bonds is 7. The van der Waals surface area contributed by atoms with E-state index in [1.807, 2.05) is 6.07 Å². The molecule has 0 aliphatic rings. The molecule has 5 nitrogen and oxygen atoms in total. The van der Waals surface area contributed by atoms with Gasteiger partial charge in [0, 0.05) is 43.4 Å². The number of halogens is 4. The molecular weight excluding hydrogens is 448 g/mol. The van der Waals surface area contributed by atoms with Crippen molar-refractivity contribution >= 4 is 5.91 Å². The third-order valence-corrected chi connectivity index (χ3v) is 5.20. The van der Waals surface area contributed by atoms with Crippen molar-refractivity contribution in [1.29, 1.82) is 0 Å². The van der Waals surface area contributed by atoms with Crippen molar-refractivity contribution in [3.8, 4) is 0 Å². The molecule has 0 N–H and O–H groups in total. The Kier molecular flexibility index (Phi) is 6.72. The van der Waals surface area contributed by atoms with Crippen LogP contribution in [0.15, 0.2) is 85.5 Å². The highest BCUT2D eigenvalue weighted by Crippen LogP contribution is 2.29. The Morgan fingerprint density at radius 1 is 0.941 bits per heavy atom. The number of benzene rings is 2. The average Bonchev–Trinajstić information content (AvgIpc) is 3.25. The van der Waals surface area contributed by atoms with Gasteiger partial charge in [-0.2, -0.15) is 13.2 Å². The minimum atomic E-state index is -4.44. The van der Waals surface area contributed by atoms with Crippen LogP contribution in [0.2, 0.25) is 0 Å². The lowest BCUT2D eigenvalue weighted by Crippen LogP contribution is -2.31. The van der Waals surface area contributed by atoms with Crippen LogP contribution in [-0.2, 0) is 25.8 Å². The smallest absolute Gasteiger partial charge is 0.329 e. The van der Waals surface area contributed by atoms with Gasteiger partial charge in [-0.05, 0) is 47.5 Å². The Bertz CT molecular complexity index is 1270. The van der Waals surface area contributed by atoms with Crippen molar-refractivity contribution in [3.05, 3.63) is 119 Å². The first-order chi connectivity index (χ1) is 16.3. The quantitative estimate of drug-likeness (QED) is 0.345. The highest BCUT2D eigenvalue weighted by molar-refractivity contribution is 5.94. The summed E-state index contributed by atoms with van der Waals surface area (Å²) >= 11 is 0. The summed E-state index contributed by atoms with van der Waals surface area (Å²) < 4.78 is 54.7. The fraction of sp³-hybridized carbons (Fsp3) is 0.160. The predicted octanol–water partition coefficient (Wildman–Crippen LogP) is 5.33. The highest BCUT2D eigenvalue weighted by atomic mass is 19.4. The van der Waals surface area contributed by atoms with Gasteiger partial charge in [0.15, 0.2) is 0 Å². The van der Waals surface area contributed by atoms with Gasteiger partial charge < -0.3 is 9.47 Å². The van der Waals surface area contributed by atoms with E-state index in [1.165, 1.54) is 35.4 Å². The van der Waals surface area contributed by atoms with Crippen molar-refractivity contribution in [1.82, 2.24) is 19.4 Å². The molecule has 0 bridgehead atoms. The minimum absolute atomic E-state index is 0.0657. The molecule has 2 aromatic heterocycles. The van der Waals surface area contributed by atoms with Crippen molar-refractivity contribution < 1.29 is 22.4 Å². The van der Waals surface area contributed by atoms with Crippen LogP contribution in [0.5, 0.6) is 0 Å². The third-order valence-electron chi connectivity index (χ3n) is 5.20. The Hall–Kier alpha value is -4.01. The van der Waals surface area contributed by atoms with Gasteiger partial charge in [-0.15, -0.1) is 0 Å². The van der Waals surface area contributed by atoms with Crippen LogP contribution in [0.25, 0.3) is 0 Å². The molecule has 0 aliphatic heterocycles. The van der Waals surface area contributed by atoms with Crippen molar-refractivity contribution in [2.45, 2.75) is 25.8 Å². The fourth-order valence-corrected chi connectivity index (χ4v) is 3.56. The van der Waals surface area contributed by atoms with Crippen molar-refractivity contribution in [2.75, 3.05) is 0 Å². The van der Waals surface area contributed by atoms with E-state index in [0.29, 0.717) is 11.4 Å². The van der Waals surface area contributed by atoms with Crippen LogP contribution in [0.1, 0.15) is 32.9 Å². The summed E-state index contributed by atoms with van der Waals surface area (Å²) in [5.74, 6) is -0.457. The van der Waals surface area contributed by atoms with E-state index in [4.69, 9.17) is 0 Å². The molecule has 4 rings (SSSR count). The number of imidazole rings is 1. The second-order valence-corrected chi connectivity index (χ2v) is 7.70. The number of hydrogen-bond donors (Lipinski definition) is 0. The lowest BCUT2D eigenvalue weighted by atomic mass is 10.1. The number of pyridine rings is 1. The van der Waals surface area contributed by atoms with E-state index in [9.17, 15) is 22.4 Å². The van der Waals surface area contributed by atoms with Crippen LogP contribution < -0.4 is 0 Å². The molecule has 0 saturated heterocycles. The van der Waals surface area contributed by atoms with E-state index in [-0.39, 0.29) is 25.2 Å². The molecule has 0 spiro atoms.